The third kappa shape index (κ3) is 6.12. The summed E-state index contributed by atoms with van der Waals surface area (Å²) in [6, 6.07) is 6.14. The quantitative estimate of drug-likeness (QED) is 0.282. The molecular weight excluding hydrogens is 502 g/mol. The van der Waals surface area contributed by atoms with E-state index in [0.29, 0.717) is 26.9 Å². The van der Waals surface area contributed by atoms with E-state index in [1.807, 2.05) is 13.8 Å². The van der Waals surface area contributed by atoms with E-state index in [4.69, 9.17) is 9.90 Å². The molecule has 0 bridgehead atoms. The number of aryl methyl sites for hydroxylation is 2. The van der Waals surface area contributed by atoms with Gasteiger partial charge in [-0.15, -0.1) is 22.7 Å². The Morgan fingerprint density at radius 2 is 1.51 bits per heavy atom. The van der Waals surface area contributed by atoms with Crippen LogP contribution < -0.4 is 5.76 Å². The Hall–Kier alpha value is -3.55. The van der Waals surface area contributed by atoms with Gasteiger partial charge in [0.1, 0.15) is 11.0 Å². The van der Waals surface area contributed by atoms with Crippen molar-refractivity contribution in [2.75, 3.05) is 0 Å². The van der Waals surface area contributed by atoms with Gasteiger partial charge in [0.15, 0.2) is 17.5 Å². The molecule has 0 aliphatic heterocycles. The second-order valence-corrected chi connectivity index (χ2v) is 10.2. The van der Waals surface area contributed by atoms with Crippen LogP contribution in [0.1, 0.15) is 29.4 Å². The monoisotopic (exact) mass is 522 g/mol. The number of nitrogens with one attached hydrogen (secondary N) is 1. The van der Waals surface area contributed by atoms with Gasteiger partial charge in [-0.05, 0) is 57.5 Å². The van der Waals surface area contributed by atoms with Gasteiger partial charge in [0.05, 0.1) is 25.0 Å². The number of nitrogens with zero attached hydrogens (tertiary/aromatic N) is 3. The number of hydrogen-bond donors (Lipinski definition) is 3. The molecule has 0 radical (unpaired) electrons. The molecule has 0 unspecified atom stereocenters. The molecule has 35 heavy (non-hydrogen) atoms. The molecule has 2 aromatic carbocycles. The summed E-state index contributed by atoms with van der Waals surface area (Å²) in [5.41, 5.74) is 0.751. The van der Waals surface area contributed by atoms with E-state index in [2.05, 4.69) is 24.6 Å². The van der Waals surface area contributed by atoms with Crippen LogP contribution in [0.2, 0.25) is 0 Å². The van der Waals surface area contributed by atoms with Gasteiger partial charge in [-0.25, -0.2) is 23.5 Å². The maximum absolute atomic E-state index is 13.7. The van der Waals surface area contributed by atoms with E-state index in [1.54, 1.807) is 26.0 Å². The molecule has 0 saturated carbocycles. The topological polar surface area (TPSA) is 142 Å². The third-order valence-corrected chi connectivity index (χ3v) is 6.37. The molecule has 0 aliphatic carbocycles. The van der Waals surface area contributed by atoms with Gasteiger partial charge in [-0.1, -0.05) is 5.16 Å². The summed E-state index contributed by atoms with van der Waals surface area (Å²) < 4.78 is 33.2. The Kier molecular flexibility index (Phi) is 7.73. The smallest absolute Gasteiger partial charge is 0.439 e. The SMILES string of the molecule is Cc1nc2c(F)cc(-c3noc(=O)[nH]3)cc2s1.Cc1nc2c(F)cc(C(C)(C)O)cc2s1.O=CO. The van der Waals surface area contributed by atoms with E-state index >= 15 is 0 Å². The van der Waals surface area contributed by atoms with E-state index in [-0.39, 0.29) is 18.1 Å². The molecule has 0 aliphatic rings. The first-order valence-electron chi connectivity index (χ1n) is 9.93. The molecule has 13 heteroatoms. The first kappa shape index (κ1) is 26.1. The number of hydrogen-bond acceptors (Lipinski definition) is 9. The summed E-state index contributed by atoms with van der Waals surface area (Å²) in [6.07, 6.45) is 0. The predicted molar refractivity (Wildman–Crippen MR) is 129 cm³/mol. The maximum atomic E-state index is 13.7. The summed E-state index contributed by atoms with van der Waals surface area (Å²) in [5.74, 6) is -1.26. The van der Waals surface area contributed by atoms with Gasteiger partial charge in [0, 0.05) is 5.56 Å². The summed E-state index contributed by atoms with van der Waals surface area (Å²) >= 11 is 2.81. The predicted octanol–water partition coefficient (Wildman–Crippen LogP) is 4.76. The molecular formula is C22H20F2N4O5S2. The highest BCUT2D eigenvalue weighted by atomic mass is 32.1. The van der Waals surface area contributed by atoms with Crippen LogP contribution in [0.4, 0.5) is 8.78 Å². The molecule has 9 nitrogen and oxygen atoms in total. The summed E-state index contributed by atoms with van der Waals surface area (Å²) in [6.45, 7) is 6.68. The standard InChI is InChI=1S/C11H12FNOS.C10H6FN3O2S.CH2O2/c1-6-13-10-8(12)4-7(11(2,3)14)5-9(10)15-6;1-4-12-8-6(11)2-5(3-7(8)17-4)9-13-10(15)16-14-9;2-1-3/h4-5,14H,1-3H3;2-3H,1H3,(H,13,14,15);1H,(H,2,3). The minimum Gasteiger partial charge on any atom is -0.483 e. The fourth-order valence-electron chi connectivity index (χ4n) is 3.04. The number of aromatic amines is 1. The first-order chi connectivity index (χ1) is 16.4. The van der Waals surface area contributed by atoms with E-state index in [0.717, 1.165) is 14.7 Å². The number of carbonyl (C=O) groups is 1. The highest BCUT2D eigenvalue weighted by Crippen LogP contribution is 2.30. The number of thiazole rings is 2. The van der Waals surface area contributed by atoms with Gasteiger partial charge in [-0.2, -0.15) is 0 Å². The van der Waals surface area contributed by atoms with Gasteiger partial charge >= 0.3 is 5.76 Å². The van der Waals surface area contributed by atoms with Crippen molar-refractivity contribution in [1.82, 2.24) is 20.1 Å². The van der Waals surface area contributed by atoms with Gasteiger partial charge in [0.25, 0.3) is 6.47 Å². The lowest BCUT2D eigenvalue weighted by molar-refractivity contribution is -0.122. The van der Waals surface area contributed by atoms with Crippen molar-refractivity contribution in [3.8, 4) is 11.4 Å². The fraction of sp³-hybridized carbons (Fsp3) is 0.227. The summed E-state index contributed by atoms with van der Waals surface area (Å²) in [5, 5.41) is 21.8. The number of benzene rings is 2. The van der Waals surface area contributed by atoms with E-state index in [9.17, 15) is 18.7 Å². The van der Waals surface area contributed by atoms with Gasteiger partial charge in [0.2, 0.25) is 0 Å². The van der Waals surface area contributed by atoms with Crippen molar-refractivity contribution in [2.45, 2.75) is 33.3 Å². The van der Waals surface area contributed by atoms with Crippen molar-refractivity contribution >= 4 is 49.6 Å². The number of rotatable bonds is 2. The normalized spacial score (nSPS) is 11.1. The molecule has 5 aromatic rings. The molecule has 0 amide bonds. The number of aromatic nitrogens is 4. The largest absolute Gasteiger partial charge is 0.483 e. The number of fused-ring (bicyclic) bond motifs is 2. The molecule has 184 valence electrons. The highest BCUT2D eigenvalue weighted by Gasteiger charge is 2.19. The summed E-state index contributed by atoms with van der Waals surface area (Å²) in [4.78, 5) is 29.7. The minimum absolute atomic E-state index is 0.210. The van der Waals surface area contributed by atoms with E-state index in [1.165, 1.54) is 34.8 Å². The number of H-pyrrole nitrogens is 1. The lowest BCUT2D eigenvalue weighted by Crippen LogP contribution is -2.15. The van der Waals surface area contributed by atoms with Crippen LogP contribution >= 0.6 is 22.7 Å². The lowest BCUT2D eigenvalue weighted by Gasteiger charge is -2.17. The van der Waals surface area contributed by atoms with E-state index < -0.39 is 17.2 Å². The molecule has 0 saturated heterocycles. The number of halogens is 2. The Morgan fingerprint density at radius 3 is 2.00 bits per heavy atom. The van der Waals surface area contributed by atoms with Crippen molar-refractivity contribution < 1.29 is 28.3 Å². The lowest BCUT2D eigenvalue weighted by atomic mass is 9.98. The Balaban J connectivity index is 0.000000177. The van der Waals surface area contributed by atoms with Gasteiger partial charge in [-0.3, -0.25) is 14.3 Å². The molecule has 3 heterocycles. The minimum atomic E-state index is -1.02. The zero-order valence-electron chi connectivity index (χ0n) is 18.9. The van der Waals surface area contributed by atoms with Crippen LogP contribution in [0.15, 0.2) is 33.6 Å². The molecule has 3 aromatic heterocycles. The maximum Gasteiger partial charge on any atom is 0.439 e. The molecule has 0 fully saturated rings. The fourth-order valence-corrected chi connectivity index (χ4v) is 4.81. The third-order valence-electron chi connectivity index (χ3n) is 4.53. The Bertz CT molecular complexity index is 1550. The summed E-state index contributed by atoms with van der Waals surface area (Å²) in [7, 11) is 0. The number of carboxylic acid groups (broad SMARTS) is 1. The van der Waals surface area contributed by atoms with Crippen LogP contribution in [0.5, 0.6) is 0 Å². The Labute approximate surface area is 204 Å². The Morgan fingerprint density at radius 1 is 1.00 bits per heavy atom. The van der Waals surface area contributed by atoms with Crippen molar-refractivity contribution in [3.05, 3.63) is 62.0 Å². The van der Waals surface area contributed by atoms with Crippen molar-refractivity contribution in [3.63, 3.8) is 0 Å². The molecule has 5 rings (SSSR count). The number of aliphatic hydroxyl groups is 1. The van der Waals surface area contributed by atoms with Crippen molar-refractivity contribution in [1.29, 1.82) is 0 Å². The second kappa shape index (κ2) is 10.4. The average molecular weight is 523 g/mol. The highest BCUT2D eigenvalue weighted by molar-refractivity contribution is 7.18. The first-order valence-corrected chi connectivity index (χ1v) is 11.6. The molecule has 0 spiro atoms. The zero-order chi connectivity index (χ0) is 25.9. The van der Waals surface area contributed by atoms with Crippen LogP contribution in [0.3, 0.4) is 0 Å². The van der Waals surface area contributed by atoms with Crippen LogP contribution in [-0.4, -0.2) is 36.8 Å². The van der Waals surface area contributed by atoms with Crippen LogP contribution in [0, 0.1) is 25.5 Å². The van der Waals surface area contributed by atoms with Crippen LogP contribution in [-0.2, 0) is 10.4 Å². The average Bonchev–Trinajstić information content (AvgIpc) is 3.46. The van der Waals surface area contributed by atoms with Crippen molar-refractivity contribution in [2.24, 2.45) is 0 Å². The molecule has 3 N–H and O–H groups in total. The van der Waals surface area contributed by atoms with Crippen LogP contribution in [0.25, 0.3) is 31.8 Å². The zero-order valence-corrected chi connectivity index (χ0v) is 20.6. The van der Waals surface area contributed by atoms with Gasteiger partial charge < -0.3 is 10.2 Å². The second-order valence-electron chi connectivity index (χ2n) is 7.68. The molecule has 0 atom stereocenters.